The van der Waals surface area contributed by atoms with E-state index in [2.05, 4.69) is 15.5 Å². The summed E-state index contributed by atoms with van der Waals surface area (Å²) in [6.07, 6.45) is 4.46. The Morgan fingerprint density at radius 2 is 2.20 bits per heavy atom. The lowest BCUT2D eigenvalue weighted by atomic mass is 10.1. The minimum atomic E-state index is -0.0827. The fraction of sp³-hybridized carbons (Fsp3) is 0.538. The third-order valence-corrected chi connectivity index (χ3v) is 3.89. The van der Waals surface area contributed by atoms with Gasteiger partial charge in [-0.2, -0.15) is 0 Å². The summed E-state index contributed by atoms with van der Waals surface area (Å²) in [4.78, 5) is 13.8. The van der Waals surface area contributed by atoms with E-state index in [4.69, 9.17) is 4.52 Å². The van der Waals surface area contributed by atoms with Gasteiger partial charge in [0.1, 0.15) is 5.76 Å². The molecule has 0 unspecified atom stereocenters. The van der Waals surface area contributed by atoms with Crippen molar-refractivity contribution in [3.63, 3.8) is 0 Å². The van der Waals surface area contributed by atoms with Gasteiger partial charge in [0.15, 0.2) is 5.69 Å². The Hall–Kier alpha value is -2.18. The Morgan fingerprint density at radius 1 is 1.40 bits per heavy atom. The predicted molar refractivity (Wildman–Crippen MR) is 68.2 cm³/mol. The topological polar surface area (TPSA) is 77.1 Å². The number of nitrogens with zero attached hydrogens (tertiary/aromatic N) is 5. The second-order valence-corrected chi connectivity index (χ2v) is 5.58. The average Bonchev–Trinajstić information content (AvgIpc) is 2.96. The van der Waals surface area contributed by atoms with Crippen LogP contribution in [-0.4, -0.2) is 44.0 Å². The first-order chi connectivity index (χ1) is 9.70. The quantitative estimate of drug-likeness (QED) is 0.838. The number of hydrogen-bond donors (Lipinski definition) is 0. The molecule has 2 fully saturated rings. The van der Waals surface area contributed by atoms with E-state index in [9.17, 15) is 4.79 Å². The maximum atomic E-state index is 12.1. The second kappa shape index (κ2) is 4.16. The van der Waals surface area contributed by atoms with Gasteiger partial charge in [0, 0.05) is 31.3 Å². The molecule has 7 heteroatoms. The first-order valence-corrected chi connectivity index (χ1v) is 6.85. The number of carbonyl (C=O) groups is 1. The van der Waals surface area contributed by atoms with Crippen molar-refractivity contribution in [1.29, 1.82) is 0 Å². The molecular weight excluding hydrogens is 258 g/mol. The number of amides is 1. The van der Waals surface area contributed by atoms with Crippen molar-refractivity contribution in [3.05, 3.63) is 29.4 Å². The summed E-state index contributed by atoms with van der Waals surface area (Å²) >= 11 is 0. The monoisotopic (exact) mass is 273 g/mol. The SMILES string of the molecule is Cc1cc(C(=O)N2CC(n3cc(C4CC4)nn3)C2)no1. The molecule has 104 valence electrons. The van der Waals surface area contributed by atoms with Gasteiger partial charge in [0.2, 0.25) is 0 Å². The third kappa shape index (κ3) is 1.90. The zero-order valence-electron chi connectivity index (χ0n) is 11.2. The average molecular weight is 273 g/mol. The van der Waals surface area contributed by atoms with E-state index in [0.29, 0.717) is 30.5 Å². The van der Waals surface area contributed by atoms with Gasteiger partial charge in [-0.25, -0.2) is 4.68 Å². The minimum Gasteiger partial charge on any atom is -0.361 e. The standard InChI is InChI=1S/C13H15N5O2/c1-8-4-11(15-20-8)13(19)17-5-10(6-17)18-7-12(14-16-18)9-2-3-9/h4,7,9-10H,2-3,5-6H2,1H3. The normalized spacial score (nSPS) is 19.1. The lowest BCUT2D eigenvalue weighted by Gasteiger charge is -2.38. The summed E-state index contributed by atoms with van der Waals surface area (Å²) in [5.74, 6) is 1.18. The van der Waals surface area contributed by atoms with E-state index in [1.54, 1.807) is 17.9 Å². The van der Waals surface area contributed by atoms with Gasteiger partial charge in [-0.05, 0) is 19.8 Å². The van der Waals surface area contributed by atoms with Crippen LogP contribution in [0.25, 0.3) is 0 Å². The van der Waals surface area contributed by atoms with Crippen LogP contribution in [-0.2, 0) is 0 Å². The molecule has 0 aromatic carbocycles. The summed E-state index contributed by atoms with van der Waals surface area (Å²) in [7, 11) is 0. The van der Waals surface area contributed by atoms with Crippen molar-refractivity contribution in [3.8, 4) is 0 Å². The van der Waals surface area contributed by atoms with E-state index >= 15 is 0 Å². The fourth-order valence-electron chi connectivity index (χ4n) is 2.45. The molecule has 1 saturated heterocycles. The molecule has 2 aliphatic rings. The molecule has 20 heavy (non-hydrogen) atoms. The van der Waals surface area contributed by atoms with Crippen LogP contribution in [0.1, 0.15) is 46.7 Å². The highest BCUT2D eigenvalue weighted by molar-refractivity contribution is 5.92. The number of hydrogen-bond acceptors (Lipinski definition) is 5. The first kappa shape index (κ1) is 11.6. The molecule has 3 heterocycles. The van der Waals surface area contributed by atoms with Gasteiger partial charge >= 0.3 is 0 Å². The van der Waals surface area contributed by atoms with Crippen LogP contribution in [0, 0.1) is 6.92 Å². The van der Waals surface area contributed by atoms with Crippen LogP contribution in [0.15, 0.2) is 16.8 Å². The van der Waals surface area contributed by atoms with E-state index in [-0.39, 0.29) is 11.9 Å². The number of aryl methyl sites for hydroxylation is 1. The van der Waals surface area contributed by atoms with Crippen LogP contribution < -0.4 is 0 Å². The molecule has 4 rings (SSSR count). The lowest BCUT2D eigenvalue weighted by Crippen LogP contribution is -2.51. The van der Waals surface area contributed by atoms with E-state index < -0.39 is 0 Å². The Kier molecular flexibility index (Phi) is 2.42. The summed E-state index contributed by atoms with van der Waals surface area (Å²) in [5.41, 5.74) is 1.46. The molecule has 0 spiro atoms. The van der Waals surface area contributed by atoms with E-state index in [1.807, 2.05) is 10.9 Å². The van der Waals surface area contributed by atoms with Gasteiger partial charge in [-0.3, -0.25) is 4.79 Å². The number of rotatable bonds is 3. The van der Waals surface area contributed by atoms with Gasteiger partial charge < -0.3 is 9.42 Å². The van der Waals surface area contributed by atoms with Crippen molar-refractivity contribution < 1.29 is 9.32 Å². The Morgan fingerprint density at radius 3 is 2.85 bits per heavy atom. The van der Waals surface area contributed by atoms with Gasteiger partial charge in [-0.15, -0.1) is 5.10 Å². The summed E-state index contributed by atoms with van der Waals surface area (Å²) < 4.78 is 6.81. The first-order valence-electron chi connectivity index (χ1n) is 6.85. The van der Waals surface area contributed by atoms with Gasteiger partial charge in [0.05, 0.1) is 11.7 Å². The molecule has 0 atom stereocenters. The molecule has 0 radical (unpaired) electrons. The Balaban J connectivity index is 1.39. The fourth-order valence-corrected chi connectivity index (χ4v) is 2.45. The van der Waals surface area contributed by atoms with E-state index in [1.165, 1.54) is 12.8 Å². The minimum absolute atomic E-state index is 0.0827. The van der Waals surface area contributed by atoms with Crippen LogP contribution in [0.2, 0.25) is 0 Å². The summed E-state index contributed by atoms with van der Waals surface area (Å²) in [5, 5.41) is 12.1. The van der Waals surface area contributed by atoms with Crippen molar-refractivity contribution in [2.75, 3.05) is 13.1 Å². The maximum Gasteiger partial charge on any atom is 0.276 e. The Labute approximate surface area is 115 Å². The van der Waals surface area contributed by atoms with Crippen molar-refractivity contribution in [2.24, 2.45) is 0 Å². The molecule has 2 aromatic heterocycles. The van der Waals surface area contributed by atoms with Crippen LogP contribution >= 0.6 is 0 Å². The van der Waals surface area contributed by atoms with Crippen molar-refractivity contribution in [1.82, 2.24) is 25.1 Å². The smallest absolute Gasteiger partial charge is 0.276 e. The number of carbonyl (C=O) groups excluding carboxylic acids is 1. The highest BCUT2D eigenvalue weighted by atomic mass is 16.5. The number of likely N-dealkylation sites (tertiary alicyclic amines) is 1. The Bertz CT molecular complexity index is 651. The van der Waals surface area contributed by atoms with Gasteiger partial charge in [-0.1, -0.05) is 10.4 Å². The molecule has 0 bridgehead atoms. The highest BCUT2D eigenvalue weighted by Gasteiger charge is 2.35. The third-order valence-electron chi connectivity index (χ3n) is 3.89. The molecule has 0 N–H and O–H groups in total. The predicted octanol–water partition coefficient (Wildman–Crippen LogP) is 1.15. The number of aromatic nitrogens is 4. The molecule has 1 aliphatic heterocycles. The maximum absolute atomic E-state index is 12.1. The van der Waals surface area contributed by atoms with Crippen LogP contribution in [0.3, 0.4) is 0 Å². The molecule has 1 aliphatic carbocycles. The zero-order valence-corrected chi connectivity index (χ0v) is 11.2. The van der Waals surface area contributed by atoms with Crippen molar-refractivity contribution >= 4 is 5.91 Å². The zero-order chi connectivity index (χ0) is 13.7. The molecular formula is C13H15N5O2. The summed E-state index contributed by atoms with van der Waals surface area (Å²) in [6.45, 7) is 3.08. The summed E-state index contributed by atoms with van der Waals surface area (Å²) in [6, 6.07) is 1.89. The van der Waals surface area contributed by atoms with Crippen molar-refractivity contribution in [2.45, 2.75) is 31.7 Å². The second-order valence-electron chi connectivity index (χ2n) is 5.58. The van der Waals surface area contributed by atoms with Crippen LogP contribution in [0.5, 0.6) is 0 Å². The van der Waals surface area contributed by atoms with Crippen LogP contribution in [0.4, 0.5) is 0 Å². The molecule has 2 aromatic rings. The van der Waals surface area contributed by atoms with Gasteiger partial charge in [0.25, 0.3) is 5.91 Å². The van der Waals surface area contributed by atoms with E-state index in [0.717, 1.165) is 5.69 Å². The lowest BCUT2D eigenvalue weighted by molar-refractivity contribution is 0.0488. The molecule has 1 amide bonds. The largest absolute Gasteiger partial charge is 0.361 e. The molecule has 7 nitrogen and oxygen atoms in total. The molecule has 1 saturated carbocycles. The highest BCUT2D eigenvalue weighted by Crippen LogP contribution is 2.39.